The van der Waals surface area contributed by atoms with Crippen molar-refractivity contribution in [2.24, 2.45) is 0 Å². The number of barbiturate groups is 1. The van der Waals surface area contributed by atoms with Gasteiger partial charge in [0.15, 0.2) is 6.61 Å². The highest BCUT2D eigenvalue weighted by Gasteiger charge is 2.37. The number of imide groups is 2. The van der Waals surface area contributed by atoms with E-state index in [9.17, 15) is 19.2 Å². The van der Waals surface area contributed by atoms with E-state index in [1.807, 2.05) is 0 Å². The third kappa shape index (κ3) is 5.22. The summed E-state index contributed by atoms with van der Waals surface area (Å²) in [5.74, 6) is -1.33. The van der Waals surface area contributed by atoms with Crippen molar-refractivity contribution in [3.63, 3.8) is 0 Å². The number of morpholine rings is 1. The van der Waals surface area contributed by atoms with E-state index in [1.54, 1.807) is 29.2 Å². The summed E-state index contributed by atoms with van der Waals surface area (Å²) in [5.41, 5.74) is 0.365. The first-order chi connectivity index (χ1) is 16.3. The number of anilines is 1. The summed E-state index contributed by atoms with van der Waals surface area (Å²) in [6, 6.07) is 9.85. The number of rotatable bonds is 5. The predicted octanol–water partition coefficient (Wildman–Crippen LogP) is 2.90. The van der Waals surface area contributed by atoms with Crippen LogP contribution in [0.5, 0.6) is 5.75 Å². The molecule has 0 aromatic heterocycles. The molecule has 1 N–H and O–H groups in total. The zero-order valence-corrected chi connectivity index (χ0v) is 19.3. The molecule has 0 aliphatic carbocycles. The van der Waals surface area contributed by atoms with Crippen LogP contribution in [0, 0.1) is 0 Å². The fourth-order valence-corrected chi connectivity index (χ4v) is 3.91. The van der Waals surface area contributed by atoms with Crippen LogP contribution in [0.15, 0.2) is 48.0 Å². The number of nitrogens with zero attached hydrogens (tertiary/aromatic N) is 2. The van der Waals surface area contributed by atoms with Gasteiger partial charge in [0, 0.05) is 18.1 Å². The van der Waals surface area contributed by atoms with Gasteiger partial charge in [0.2, 0.25) is 0 Å². The van der Waals surface area contributed by atoms with Gasteiger partial charge in [-0.2, -0.15) is 0 Å². The maximum absolute atomic E-state index is 13.0. The molecule has 2 heterocycles. The van der Waals surface area contributed by atoms with Crippen LogP contribution >= 0.6 is 23.2 Å². The molecule has 0 unspecified atom stereocenters. The molecule has 2 aromatic rings. The molecule has 2 aromatic carbocycles. The lowest BCUT2D eigenvalue weighted by atomic mass is 10.1. The number of ether oxygens (including phenoxy) is 2. The minimum Gasteiger partial charge on any atom is -0.484 e. The summed E-state index contributed by atoms with van der Waals surface area (Å²) in [6.45, 7) is 1.97. The zero-order chi connectivity index (χ0) is 24.2. The lowest BCUT2D eigenvalue weighted by Gasteiger charge is -2.27. The molecule has 176 valence electrons. The fourth-order valence-electron chi connectivity index (χ4n) is 3.41. The number of urea groups is 1. The van der Waals surface area contributed by atoms with Gasteiger partial charge in [-0.05, 0) is 42.0 Å². The van der Waals surface area contributed by atoms with Gasteiger partial charge in [-0.25, -0.2) is 9.69 Å². The van der Waals surface area contributed by atoms with Gasteiger partial charge in [-0.3, -0.25) is 19.7 Å². The molecule has 5 amide bonds. The largest absolute Gasteiger partial charge is 0.484 e. The maximum Gasteiger partial charge on any atom is 0.335 e. The van der Waals surface area contributed by atoms with E-state index in [0.717, 1.165) is 4.90 Å². The first-order valence-electron chi connectivity index (χ1n) is 10.3. The van der Waals surface area contributed by atoms with Gasteiger partial charge in [0.1, 0.15) is 11.3 Å². The van der Waals surface area contributed by atoms with Crippen molar-refractivity contribution in [3.8, 4) is 5.75 Å². The van der Waals surface area contributed by atoms with Gasteiger partial charge in [-0.1, -0.05) is 35.3 Å². The molecule has 9 nitrogen and oxygen atoms in total. The second kappa shape index (κ2) is 10.3. The smallest absolute Gasteiger partial charge is 0.335 e. The lowest BCUT2D eigenvalue weighted by molar-refractivity contribution is -0.137. The number of benzene rings is 2. The predicted molar refractivity (Wildman–Crippen MR) is 125 cm³/mol. The molecule has 4 rings (SSSR count). The monoisotopic (exact) mass is 503 g/mol. The highest BCUT2D eigenvalue weighted by molar-refractivity contribution is 6.42. The summed E-state index contributed by atoms with van der Waals surface area (Å²) in [6.07, 6.45) is 1.35. The first kappa shape index (κ1) is 23.7. The second-order valence-electron chi connectivity index (χ2n) is 7.40. The van der Waals surface area contributed by atoms with Crippen LogP contribution in [0.3, 0.4) is 0 Å². The normalized spacial score (nSPS) is 17.7. The van der Waals surface area contributed by atoms with Crippen molar-refractivity contribution in [1.29, 1.82) is 0 Å². The molecular weight excluding hydrogens is 485 g/mol. The Kier molecular flexibility index (Phi) is 7.16. The van der Waals surface area contributed by atoms with Crippen molar-refractivity contribution in [1.82, 2.24) is 10.2 Å². The topological polar surface area (TPSA) is 105 Å². The van der Waals surface area contributed by atoms with Crippen molar-refractivity contribution < 1.29 is 28.7 Å². The molecule has 2 fully saturated rings. The van der Waals surface area contributed by atoms with Gasteiger partial charge >= 0.3 is 6.03 Å². The lowest BCUT2D eigenvalue weighted by Crippen LogP contribution is -2.54. The summed E-state index contributed by atoms with van der Waals surface area (Å²) in [4.78, 5) is 52.3. The standard InChI is InChI=1S/C23H19Cl2N3O6/c24-15-3-6-19(18(25)12-15)28-22(31)17(21(30)26-23(28)32)11-14-1-4-16(5-2-14)34-13-20(29)27-7-9-33-10-8-27/h1-6,11-12H,7-10,13H2,(H,26,30,32)/b17-11+. The van der Waals surface area contributed by atoms with Crippen molar-refractivity contribution >= 4 is 58.7 Å². The van der Waals surface area contributed by atoms with E-state index in [1.165, 1.54) is 24.3 Å². The van der Waals surface area contributed by atoms with Crippen LogP contribution in [0.1, 0.15) is 5.56 Å². The Labute approximate surface area is 204 Å². The number of halogens is 2. The zero-order valence-electron chi connectivity index (χ0n) is 17.8. The van der Waals surface area contributed by atoms with E-state index in [4.69, 9.17) is 32.7 Å². The first-order valence-corrected chi connectivity index (χ1v) is 11.0. The van der Waals surface area contributed by atoms with Gasteiger partial charge in [0.05, 0.1) is 23.9 Å². The molecule has 0 radical (unpaired) electrons. The Hall–Kier alpha value is -3.40. The Bertz CT molecular complexity index is 1180. The number of amides is 5. The molecule has 0 bridgehead atoms. The molecule has 0 atom stereocenters. The van der Waals surface area contributed by atoms with Gasteiger partial charge < -0.3 is 14.4 Å². The molecule has 34 heavy (non-hydrogen) atoms. The van der Waals surface area contributed by atoms with Crippen LogP contribution in [0.4, 0.5) is 10.5 Å². The number of carbonyl (C=O) groups excluding carboxylic acids is 4. The van der Waals surface area contributed by atoms with Crippen LogP contribution in [-0.2, 0) is 19.1 Å². The van der Waals surface area contributed by atoms with Crippen LogP contribution in [-0.4, -0.2) is 61.6 Å². The average Bonchev–Trinajstić information content (AvgIpc) is 2.82. The van der Waals surface area contributed by atoms with Gasteiger partial charge in [0.25, 0.3) is 17.7 Å². The SMILES string of the molecule is O=C1NC(=O)N(c2ccc(Cl)cc2Cl)C(=O)/C1=C/c1ccc(OCC(=O)N2CCOCC2)cc1. The molecule has 2 saturated heterocycles. The van der Waals surface area contributed by atoms with Crippen molar-refractivity contribution in [2.75, 3.05) is 37.8 Å². The Morgan fingerprint density at radius 2 is 1.76 bits per heavy atom. The Balaban J connectivity index is 1.47. The maximum atomic E-state index is 13.0. The number of hydrogen-bond acceptors (Lipinski definition) is 6. The van der Waals surface area contributed by atoms with Crippen LogP contribution in [0.25, 0.3) is 6.08 Å². The Morgan fingerprint density at radius 3 is 2.44 bits per heavy atom. The summed E-state index contributed by atoms with van der Waals surface area (Å²) in [7, 11) is 0. The molecule has 11 heteroatoms. The number of carbonyl (C=O) groups is 4. The average molecular weight is 504 g/mol. The van der Waals surface area contributed by atoms with Crippen LogP contribution < -0.4 is 15.0 Å². The number of nitrogens with one attached hydrogen (secondary N) is 1. The van der Waals surface area contributed by atoms with E-state index in [-0.39, 0.29) is 28.8 Å². The molecule has 0 spiro atoms. The molecule has 2 aliphatic heterocycles. The minimum absolute atomic E-state index is 0.0813. The van der Waals surface area contributed by atoms with Crippen LogP contribution in [0.2, 0.25) is 10.0 Å². The molecule has 0 saturated carbocycles. The van der Waals surface area contributed by atoms with E-state index in [2.05, 4.69) is 5.32 Å². The quantitative estimate of drug-likeness (QED) is 0.496. The van der Waals surface area contributed by atoms with E-state index >= 15 is 0 Å². The van der Waals surface area contributed by atoms with Gasteiger partial charge in [-0.15, -0.1) is 0 Å². The molecular formula is C23H19Cl2N3O6. The second-order valence-corrected chi connectivity index (χ2v) is 8.25. The van der Waals surface area contributed by atoms with E-state index in [0.29, 0.717) is 42.6 Å². The third-order valence-electron chi connectivity index (χ3n) is 5.17. The highest BCUT2D eigenvalue weighted by atomic mass is 35.5. The summed E-state index contributed by atoms with van der Waals surface area (Å²) in [5, 5.41) is 2.55. The summed E-state index contributed by atoms with van der Waals surface area (Å²) >= 11 is 12.0. The third-order valence-corrected chi connectivity index (χ3v) is 5.71. The van der Waals surface area contributed by atoms with Crippen molar-refractivity contribution in [2.45, 2.75) is 0 Å². The Morgan fingerprint density at radius 1 is 1.06 bits per heavy atom. The minimum atomic E-state index is -0.912. The van der Waals surface area contributed by atoms with E-state index < -0.39 is 17.8 Å². The fraction of sp³-hybridized carbons (Fsp3) is 0.217. The number of hydrogen-bond donors (Lipinski definition) is 1. The van der Waals surface area contributed by atoms with Crippen molar-refractivity contribution in [3.05, 3.63) is 63.6 Å². The summed E-state index contributed by atoms with van der Waals surface area (Å²) < 4.78 is 10.8. The molecule has 2 aliphatic rings. The highest BCUT2D eigenvalue weighted by Crippen LogP contribution is 2.31.